The molecule has 122 heavy (non-hydrogen) atoms. The molecule has 4 aromatic carbocycles. The van der Waals surface area contributed by atoms with Gasteiger partial charge in [0.15, 0.2) is 6.29 Å². The second-order valence-electron chi connectivity index (χ2n) is 26.2. The van der Waals surface area contributed by atoms with Gasteiger partial charge in [-0.15, -0.1) is 0 Å². The van der Waals surface area contributed by atoms with Crippen molar-refractivity contribution in [3.8, 4) is 73.9 Å². The molecule has 0 aliphatic rings. The monoisotopic (exact) mass is 1790 g/mol. The first kappa shape index (κ1) is 96.2. The molecular weight excluding hydrogens is 1700 g/mol. The van der Waals surface area contributed by atoms with E-state index in [1.165, 1.54) is 6.20 Å². The van der Waals surface area contributed by atoms with Crippen molar-refractivity contribution in [2.75, 3.05) is 104 Å². The molecule has 0 fully saturated rings. The number of hydrogen-bond acceptors (Lipinski definition) is 22. The number of aromatic nitrogens is 9. The van der Waals surface area contributed by atoms with Crippen molar-refractivity contribution in [3.05, 3.63) is 250 Å². The molecule has 0 radical (unpaired) electrons. The maximum absolute atomic E-state index is 13.5. The van der Waals surface area contributed by atoms with E-state index in [2.05, 4.69) is 78.0 Å². The third-order valence-corrected chi connectivity index (χ3v) is 21.0. The zero-order valence-corrected chi connectivity index (χ0v) is 75.1. The topological polar surface area (TPSA) is 303 Å². The molecule has 9 heterocycles. The lowest BCUT2D eigenvalue weighted by molar-refractivity contribution is 0.112. The number of methoxy groups -OCH3 is 4. The average molecular weight is 1800 g/mol. The number of nitrogens with one attached hydrogen (secondary N) is 3. The molecule has 0 aliphatic heterocycles. The molecule has 0 amide bonds. The zero-order valence-electron chi connectivity index (χ0n) is 69.8. The van der Waals surface area contributed by atoms with Crippen LogP contribution in [-0.2, 0) is 26.1 Å². The maximum Gasteiger partial charge on any atom is 0.259 e. The number of benzene rings is 4. The number of nitrogen functional groups attached to an aromatic ring is 1. The zero-order chi connectivity index (χ0) is 88.5. The van der Waals surface area contributed by atoms with Gasteiger partial charge in [-0.2, -0.15) is 5.26 Å². The van der Waals surface area contributed by atoms with Gasteiger partial charge in [0, 0.05) is 125 Å². The van der Waals surface area contributed by atoms with Crippen LogP contribution in [0.25, 0.3) is 66.1 Å². The van der Waals surface area contributed by atoms with E-state index >= 15 is 0 Å². The van der Waals surface area contributed by atoms with Crippen molar-refractivity contribution in [2.45, 2.75) is 81.4 Å². The Morgan fingerprint density at radius 2 is 0.885 bits per heavy atom. The summed E-state index contributed by atoms with van der Waals surface area (Å²) >= 11 is 42.6. The minimum absolute atomic E-state index is 0.145. The molecule has 0 unspecified atom stereocenters. The standard InChI is InChI=1S/C28H32ClN5O3.C17H15Cl2N3O.C17H14Cl2N2O2.C11H19N3O.C9H8ClNO.C8H9ClN2O/c1-5-33(6-2)13-14-37-20-11-12-25(31-18-20)32-26-16-23-19(17-30-26)15-21(28(35)34(23)7-3)27-22(29)9-8-10-24(27)36-4;1-3-22-13-8-15(19)21-9-10(13)7-11(17(22)20)16-12(18)5-4-6-14(16)23-2;1-3-21-13-8-15(19)20-9-10(13)7-11(17(21)22)16-12(18)5-4-6-14(16)23-2;1-3-14(4-2)7-8-15-10-5-6-11(12)13-9-10;1-12-9-4-2-3-8(10)7(9)5-6-11;1-2-10-7-3-8(9)11-4-6(7)5-12/h8-12,15-18H,5-7,13-14H2,1-4H3,(H,30,31,32);4-9,20H,3H2,1-2H3;4-9H,3H2,1-2H3;5-6,9H,3-4,7-8H2,1-2H3,(H2,12,13);2-4H,5H2,1H3;3-5H,2H2,1H3,(H,10,11). The number of nitrogens with two attached hydrogens (primary N) is 1. The highest BCUT2D eigenvalue weighted by atomic mass is 35.5. The van der Waals surface area contributed by atoms with E-state index in [4.69, 9.17) is 126 Å². The number of nitriles is 1. The van der Waals surface area contributed by atoms with Crippen LogP contribution in [0.4, 0.5) is 23.1 Å². The van der Waals surface area contributed by atoms with Crippen molar-refractivity contribution in [1.82, 2.24) is 53.4 Å². The van der Waals surface area contributed by atoms with Gasteiger partial charge in [-0.1, -0.05) is 133 Å². The number of nitrogens with zero attached hydrogens (tertiary/aromatic N) is 12. The number of halogens is 7. The number of anilines is 4. The first-order valence-corrected chi connectivity index (χ1v) is 41.7. The second-order valence-corrected chi connectivity index (χ2v) is 29.0. The van der Waals surface area contributed by atoms with Gasteiger partial charge in [0.1, 0.15) is 86.1 Å². The summed E-state index contributed by atoms with van der Waals surface area (Å²) in [6.07, 6.45) is 10.9. The number of aryl methyl sites for hydroxylation is 3. The van der Waals surface area contributed by atoms with Crippen molar-refractivity contribution in [3.63, 3.8) is 0 Å². The molecule has 0 atom stereocenters. The SMILES string of the molecule is CCN(CC)CCOc1ccc(N)nc1.CCN(CC)CCOc1ccc(Nc2cc3c(cn2)cc(-c2c(Cl)cccc2OC)c(=O)n3CC)nc1.CCNc1cc(Cl)ncc1C=O.CCn1c(=N)c(-c2c(Cl)cccc2OC)cc2cnc(Cl)cc21.CCn1c(=O)c(-c2c(Cl)cccc2OC)cc2cnc(Cl)cc21.COc1cccc(Cl)c1CC#N. The number of pyridine rings is 9. The van der Waals surface area contributed by atoms with E-state index in [0.29, 0.717) is 159 Å². The summed E-state index contributed by atoms with van der Waals surface area (Å²) in [6.45, 7) is 26.0. The van der Waals surface area contributed by atoms with Crippen molar-refractivity contribution in [1.29, 1.82) is 10.7 Å². The Morgan fingerprint density at radius 3 is 1.31 bits per heavy atom. The summed E-state index contributed by atoms with van der Waals surface area (Å²) in [5, 5.41) is 29.0. The molecule has 0 saturated heterocycles. The second kappa shape index (κ2) is 48.4. The molecule has 0 aliphatic carbocycles. The highest BCUT2D eigenvalue weighted by molar-refractivity contribution is 6.35. The van der Waals surface area contributed by atoms with Crippen LogP contribution < -0.4 is 61.4 Å². The number of hydrogen-bond donors (Lipinski definition) is 4. The van der Waals surface area contributed by atoms with Crippen LogP contribution in [-0.4, -0.2) is 147 Å². The molecule has 5 N–H and O–H groups in total. The molecule has 640 valence electrons. The molecule has 0 bridgehead atoms. The van der Waals surface area contributed by atoms with Gasteiger partial charge in [-0.25, -0.2) is 29.9 Å². The van der Waals surface area contributed by atoms with Crippen LogP contribution in [0.3, 0.4) is 0 Å². The molecule has 13 rings (SSSR count). The van der Waals surface area contributed by atoms with Crippen LogP contribution in [0.5, 0.6) is 34.5 Å². The fraction of sp³-hybridized carbons (Fsp3) is 0.278. The number of rotatable bonds is 28. The third-order valence-electron chi connectivity index (χ3n) is 19.1. The number of carbonyl (C=O) groups excluding carboxylic acids is 1. The predicted octanol–water partition coefficient (Wildman–Crippen LogP) is 20.3. The Bertz CT molecular complexity index is 5760. The van der Waals surface area contributed by atoms with Gasteiger partial charge in [0.2, 0.25) is 0 Å². The summed E-state index contributed by atoms with van der Waals surface area (Å²) < 4.78 is 37.9. The predicted molar refractivity (Wildman–Crippen MR) is 494 cm³/mol. The van der Waals surface area contributed by atoms with Crippen LogP contribution in [0.15, 0.2) is 186 Å². The van der Waals surface area contributed by atoms with Crippen molar-refractivity contribution < 1.29 is 33.2 Å². The van der Waals surface area contributed by atoms with Gasteiger partial charge >= 0.3 is 0 Å². The smallest absolute Gasteiger partial charge is 0.259 e. The van der Waals surface area contributed by atoms with Crippen LogP contribution >= 0.6 is 81.2 Å². The minimum atomic E-state index is -0.150. The summed E-state index contributed by atoms with van der Waals surface area (Å²) in [7, 11) is 6.27. The maximum atomic E-state index is 13.5. The highest BCUT2D eigenvalue weighted by Gasteiger charge is 2.22. The molecule has 13 aromatic rings. The minimum Gasteiger partial charge on any atom is -0.496 e. The summed E-state index contributed by atoms with van der Waals surface area (Å²) in [5.74, 6) is 5.63. The molecule has 9 aromatic heterocycles. The first-order valence-electron chi connectivity index (χ1n) is 39.1. The van der Waals surface area contributed by atoms with Crippen molar-refractivity contribution >= 4 is 143 Å². The Hall–Kier alpha value is -11.3. The lowest BCUT2D eigenvalue weighted by Crippen LogP contribution is -2.27. The van der Waals surface area contributed by atoms with E-state index in [1.54, 1.807) is 160 Å². The Kier molecular flexibility index (Phi) is 38.1. The first-order chi connectivity index (χ1) is 58.9. The molecule has 0 spiro atoms. The van der Waals surface area contributed by atoms with Gasteiger partial charge in [0.05, 0.1) is 102 Å². The summed E-state index contributed by atoms with van der Waals surface area (Å²) in [4.78, 5) is 66.5. The summed E-state index contributed by atoms with van der Waals surface area (Å²) in [5.41, 5.74) is 13.4. The van der Waals surface area contributed by atoms with Gasteiger partial charge < -0.3 is 68.3 Å². The quantitative estimate of drug-likeness (QED) is 0.0262. The molecule has 32 heteroatoms. The Labute approximate surface area is 744 Å². The molecule has 25 nitrogen and oxygen atoms in total. The van der Waals surface area contributed by atoms with Crippen LogP contribution in [0, 0.1) is 16.7 Å². The fourth-order valence-corrected chi connectivity index (χ4v) is 14.3. The van der Waals surface area contributed by atoms with Crippen LogP contribution in [0.1, 0.15) is 71.3 Å². The lowest BCUT2D eigenvalue weighted by atomic mass is 10.0. The largest absolute Gasteiger partial charge is 0.496 e. The third kappa shape index (κ3) is 25.4. The Balaban J connectivity index is 0.000000191. The molecule has 0 saturated carbocycles. The number of likely N-dealkylation sites (N-methyl/N-ethyl adjacent to an activating group) is 2. The number of fused-ring (bicyclic) bond motifs is 3. The average Bonchev–Trinajstić information content (AvgIpc) is 0.745. The van der Waals surface area contributed by atoms with E-state index in [9.17, 15) is 14.4 Å². The summed E-state index contributed by atoms with van der Waals surface area (Å²) in [6, 6.07) is 43.2. The van der Waals surface area contributed by atoms with E-state index in [0.717, 1.165) is 102 Å². The highest BCUT2D eigenvalue weighted by Crippen LogP contribution is 2.40. The van der Waals surface area contributed by atoms with Crippen molar-refractivity contribution in [2.24, 2.45) is 0 Å². The Morgan fingerprint density at radius 1 is 0.475 bits per heavy atom. The van der Waals surface area contributed by atoms with Gasteiger partial charge in [-0.3, -0.25) is 19.8 Å². The van der Waals surface area contributed by atoms with E-state index < -0.39 is 0 Å². The van der Waals surface area contributed by atoms with E-state index in [1.807, 2.05) is 86.9 Å². The van der Waals surface area contributed by atoms with E-state index in [-0.39, 0.29) is 17.5 Å². The fourth-order valence-electron chi connectivity index (χ4n) is 12.8. The lowest BCUT2D eigenvalue weighted by Gasteiger charge is -2.18. The number of carbonyl (C=O) groups is 1. The van der Waals surface area contributed by atoms with Gasteiger partial charge in [0.25, 0.3) is 11.1 Å². The number of ether oxygens (including phenoxy) is 6. The molecular formula is C90H97Cl7N16O9. The normalized spacial score (nSPS) is 10.7. The van der Waals surface area contributed by atoms with Crippen LogP contribution in [0.2, 0.25) is 35.5 Å². The van der Waals surface area contributed by atoms with Gasteiger partial charge in [-0.05, 0) is 163 Å². The number of aldehydes is 1.